The Labute approximate surface area is 91.3 Å². The molecule has 0 unspecified atom stereocenters. The molecule has 0 aliphatic carbocycles. The zero-order chi connectivity index (χ0) is 11.3. The maximum atomic E-state index is 5.02. The number of hydrogen-bond donors (Lipinski definition) is 0. The molecule has 0 radical (unpaired) electrons. The third kappa shape index (κ3) is 2.77. The van der Waals surface area contributed by atoms with E-state index in [2.05, 4.69) is 24.7 Å². The van der Waals surface area contributed by atoms with Crippen molar-refractivity contribution in [1.82, 2.24) is 0 Å². The molecule has 2 nitrogen and oxygen atoms in total. The first-order valence-corrected chi connectivity index (χ1v) is 4.93. The average Bonchev–Trinajstić information content (AvgIpc) is 2.25. The lowest BCUT2D eigenvalue weighted by molar-refractivity contribution is 0.234. The van der Waals surface area contributed by atoms with Gasteiger partial charge in [-0.2, -0.15) is 0 Å². The summed E-state index contributed by atoms with van der Waals surface area (Å²) in [5.41, 5.74) is 4.40. The summed E-state index contributed by atoms with van der Waals surface area (Å²) in [7, 11) is 1.69. The molecule has 1 aromatic rings. The van der Waals surface area contributed by atoms with Gasteiger partial charge in [-0.15, -0.1) is 0 Å². The van der Waals surface area contributed by atoms with Crippen LogP contribution in [0.25, 0.3) is 5.57 Å². The van der Waals surface area contributed by atoms with Crippen LogP contribution in [-0.2, 0) is 4.74 Å². The molecule has 0 aliphatic heterocycles. The van der Waals surface area contributed by atoms with E-state index in [9.17, 15) is 0 Å². The molecule has 0 aromatic heterocycles. The Balaban J connectivity index is 3.13. The van der Waals surface area contributed by atoms with Crippen molar-refractivity contribution < 1.29 is 4.74 Å². The van der Waals surface area contributed by atoms with E-state index in [0.717, 1.165) is 16.8 Å². The molecule has 1 aromatic carbocycles. The van der Waals surface area contributed by atoms with Crippen LogP contribution in [0.4, 0.5) is 5.69 Å². The number of aryl methyl sites for hydroxylation is 1. The molecule has 15 heavy (non-hydrogen) atoms. The molecule has 0 amide bonds. The van der Waals surface area contributed by atoms with Gasteiger partial charge in [0.1, 0.15) is 0 Å². The van der Waals surface area contributed by atoms with Crippen molar-refractivity contribution in [2.75, 3.05) is 13.7 Å². The SMILES string of the molecule is C=Nc1c(C)cccc1/C(C)=C\COC. The lowest BCUT2D eigenvalue weighted by Crippen LogP contribution is -1.88. The first-order valence-electron chi connectivity index (χ1n) is 4.93. The molecule has 0 heterocycles. The van der Waals surface area contributed by atoms with Crippen LogP contribution in [0.15, 0.2) is 29.3 Å². The lowest BCUT2D eigenvalue weighted by Gasteiger charge is -2.08. The minimum atomic E-state index is 0.621. The molecule has 0 N–H and O–H groups in total. The number of hydrogen-bond acceptors (Lipinski definition) is 2. The monoisotopic (exact) mass is 203 g/mol. The van der Waals surface area contributed by atoms with Crippen molar-refractivity contribution in [2.24, 2.45) is 4.99 Å². The third-order valence-corrected chi connectivity index (χ3v) is 2.38. The normalized spacial score (nSPS) is 11.5. The summed E-state index contributed by atoms with van der Waals surface area (Å²) in [4.78, 5) is 4.07. The highest BCUT2D eigenvalue weighted by Crippen LogP contribution is 2.28. The topological polar surface area (TPSA) is 21.6 Å². The molecule has 1 rings (SSSR count). The van der Waals surface area contributed by atoms with E-state index in [1.54, 1.807) is 7.11 Å². The zero-order valence-electron chi connectivity index (χ0n) is 9.58. The minimum absolute atomic E-state index is 0.621. The van der Waals surface area contributed by atoms with Gasteiger partial charge >= 0.3 is 0 Å². The number of para-hydroxylation sites is 1. The van der Waals surface area contributed by atoms with E-state index in [4.69, 9.17) is 4.74 Å². The molecule has 0 bridgehead atoms. The molecular formula is C13H17NO. The van der Waals surface area contributed by atoms with Crippen LogP contribution in [0, 0.1) is 6.92 Å². The molecule has 0 fully saturated rings. The van der Waals surface area contributed by atoms with Crippen molar-refractivity contribution in [3.8, 4) is 0 Å². The van der Waals surface area contributed by atoms with Crippen LogP contribution in [0.3, 0.4) is 0 Å². The standard InChI is InChI=1S/C13H17NO/c1-10(8-9-15-4)12-7-5-6-11(2)13(12)14-3/h5-8H,3,9H2,1-2,4H3/b10-8-. The summed E-state index contributed by atoms with van der Waals surface area (Å²) in [6, 6.07) is 6.12. The summed E-state index contributed by atoms with van der Waals surface area (Å²) < 4.78 is 5.02. The van der Waals surface area contributed by atoms with Crippen LogP contribution in [0.2, 0.25) is 0 Å². The van der Waals surface area contributed by atoms with E-state index in [-0.39, 0.29) is 0 Å². The van der Waals surface area contributed by atoms with Crippen molar-refractivity contribution >= 4 is 18.0 Å². The van der Waals surface area contributed by atoms with Crippen LogP contribution in [0.5, 0.6) is 0 Å². The highest BCUT2D eigenvalue weighted by atomic mass is 16.5. The fourth-order valence-electron chi connectivity index (χ4n) is 1.51. The second-order valence-electron chi connectivity index (χ2n) is 3.47. The fraction of sp³-hybridized carbons (Fsp3) is 0.308. The predicted molar refractivity (Wildman–Crippen MR) is 65.9 cm³/mol. The van der Waals surface area contributed by atoms with Gasteiger partial charge in [0.2, 0.25) is 0 Å². The minimum Gasteiger partial charge on any atom is -0.381 e. The Morgan fingerprint density at radius 3 is 2.87 bits per heavy atom. The van der Waals surface area contributed by atoms with Gasteiger partial charge in [-0.25, -0.2) is 0 Å². The Morgan fingerprint density at radius 1 is 1.53 bits per heavy atom. The molecule has 0 spiro atoms. The van der Waals surface area contributed by atoms with Crippen molar-refractivity contribution in [3.05, 3.63) is 35.4 Å². The maximum Gasteiger partial charge on any atom is 0.0726 e. The number of benzene rings is 1. The van der Waals surface area contributed by atoms with Crippen LogP contribution < -0.4 is 0 Å². The summed E-state index contributed by atoms with van der Waals surface area (Å²) >= 11 is 0. The van der Waals surface area contributed by atoms with E-state index < -0.39 is 0 Å². The Hall–Kier alpha value is -1.41. The van der Waals surface area contributed by atoms with Crippen molar-refractivity contribution in [3.63, 3.8) is 0 Å². The van der Waals surface area contributed by atoms with Gasteiger partial charge in [0.25, 0.3) is 0 Å². The molecular weight excluding hydrogens is 186 g/mol. The van der Waals surface area contributed by atoms with Gasteiger partial charge in [0.15, 0.2) is 0 Å². The summed E-state index contributed by atoms with van der Waals surface area (Å²) in [6.45, 7) is 8.32. The van der Waals surface area contributed by atoms with E-state index >= 15 is 0 Å². The van der Waals surface area contributed by atoms with Crippen molar-refractivity contribution in [2.45, 2.75) is 13.8 Å². The van der Waals surface area contributed by atoms with Crippen LogP contribution in [0.1, 0.15) is 18.1 Å². The smallest absolute Gasteiger partial charge is 0.0726 e. The zero-order valence-corrected chi connectivity index (χ0v) is 9.58. The maximum absolute atomic E-state index is 5.02. The second kappa shape index (κ2) is 5.47. The highest BCUT2D eigenvalue weighted by molar-refractivity contribution is 5.76. The third-order valence-electron chi connectivity index (χ3n) is 2.38. The second-order valence-corrected chi connectivity index (χ2v) is 3.47. The molecule has 2 heteroatoms. The van der Waals surface area contributed by atoms with Gasteiger partial charge in [0.05, 0.1) is 12.3 Å². The number of rotatable bonds is 4. The highest BCUT2D eigenvalue weighted by Gasteiger charge is 2.04. The van der Waals surface area contributed by atoms with Crippen LogP contribution in [-0.4, -0.2) is 20.4 Å². The van der Waals surface area contributed by atoms with Gasteiger partial charge in [0, 0.05) is 12.7 Å². The van der Waals surface area contributed by atoms with Gasteiger partial charge in [-0.05, 0) is 31.7 Å². The lowest BCUT2D eigenvalue weighted by atomic mass is 10.0. The molecule has 0 saturated heterocycles. The average molecular weight is 203 g/mol. The van der Waals surface area contributed by atoms with E-state index in [0.29, 0.717) is 6.61 Å². The van der Waals surface area contributed by atoms with E-state index in [1.807, 2.05) is 25.1 Å². The number of aliphatic imine (C=N–C) groups is 1. The first kappa shape index (κ1) is 11.7. The molecule has 0 saturated carbocycles. The van der Waals surface area contributed by atoms with E-state index in [1.165, 1.54) is 5.57 Å². The quantitative estimate of drug-likeness (QED) is 0.687. The molecule has 0 aliphatic rings. The summed E-state index contributed by atoms with van der Waals surface area (Å²) in [5, 5.41) is 0. The Kier molecular flexibility index (Phi) is 4.25. The molecule has 80 valence electrons. The van der Waals surface area contributed by atoms with Crippen molar-refractivity contribution in [1.29, 1.82) is 0 Å². The number of methoxy groups -OCH3 is 1. The Bertz CT molecular complexity index is 380. The largest absolute Gasteiger partial charge is 0.381 e. The Morgan fingerprint density at radius 2 is 2.27 bits per heavy atom. The summed E-state index contributed by atoms with van der Waals surface area (Å²) in [5.74, 6) is 0. The van der Waals surface area contributed by atoms with Crippen LogP contribution >= 0.6 is 0 Å². The summed E-state index contributed by atoms with van der Waals surface area (Å²) in [6.07, 6.45) is 2.05. The number of allylic oxidation sites excluding steroid dienone is 1. The van der Waals surface area contributed by atoms with Gasteiger partial charge in [-0.3, -0.25) is 4.99 Å². The fourth-order valence-corrected chi connectivity index (χ4v) is 1.51. The van der Waals surface area contributed by atoms with Gasteiger partial charge < -0.3 is 4.74 Å². The molecule has 0 atom stereocenters. The number of nitrogens with zero attached hydrogens (tertiary/aromatic N) is 1. The van der Waals surface area contributed by atoms with Gasteiger partial charge in [-0.1, -0.05) is 24.3 Å². The first-order chi connectivity index (χ1) is 7.20. The number of ether oxygens (including phenoxy) is 1. The predicted octanol–water partition coefficient (Wildman–Crippen LogP) is 3.38.